The summed E-state index contributed by atoms with van der Waals surface area (Å²) >= 11 is 5.47. The highest BCUT2D eigenvalue weighted by molar-refractivity contribution is 6.25. The van der Waals surface area contributed by atoms with Crippen LogP contribution in [0.25, 0.3) is 0 Å². The predicted octanol–water partition coefficient (Wildman–Crippen LogP) is 3.09. The van der Waals surface area contributed by atoms with Crippen LogP contribution in [0, 0.1) is 13.8 Å². The molecule has 0 heterocycles. The molecule has 0 aromatic heterocycles. The first-order valence-corrected chi connectivity index (χ1v) is 5.07. The molecule has 0 saturated carbocycles. The minimum absolute atomic E-state index is 0.114. The number of halogens is 1. The molecule has 76 valence electrons. The maximum absolute atomic E-state index is 9.13. The summed E-state index contributed by atoms with van der Waals surface area (Å²) in [5, 5.41) is 9.13. The van der Waals surface area contributed by atoms with Crippen molar-refractivity contribution in [2.24, 2.45) is 0 Å². The van der Waals surface area contributed by atoms with Gasteiger partial charge >= 0.3 is 0 Å². The van der Waals surface area contributed by atoms with Crippen molar-refractivity contribution in [1.29, 1.82) is 0 Å². The number of allylic oxidation sites excluding steroid dienone is 1. The van der Waals surface area contributed by atoms with Gasteiger partial charge in [-0.15, -0.1) is 0 Å². The average Bonchev–Trinajstić information content (AvgIpc) is 2.14. The van der Waals surface area contributed by atoms with Gasteiger partial charge in [0, 0.05) is 5.54 Å². The predicted molar refractivity (Wildman–Crippen MR) is 60.5 cm³/mol. The number of aryl methyl sites for hydroxylation is 2. The maximum atomic E-state index is 9.13. The fourth-order valence-corrected chi connectivity index (χ4v) is 1.72. The Morgan fingerprint density at radius 3 is 2.29 bits per heavy atom. The summed E-state index contributed by atoms with van der Waals surface area (Å²) in [7, 11) is 0. The van der Waals surface area contributed by atoms with Crippen molar-refractivity contribution in [3.8, 4) is 0 Å². The highest BCUT2D eigenvalue weighted by Crippen LogP contribution is 2.17. The number of rotatable bonds is 3. The Bertz CT molecular complexity index is 319. The van der Waals surface area contributed by atoms with Gasteiger partial charge in [0.2, 0.25) is 0 Å². The van der Waals surface area contributed by atoms with Gasteiger partial charge in [-0.25, -0.2) is 0 Å². The van der Waals surface area contributed by atoms with Gasteiger partial charge in [-0.1, -0.05) is 29.8 Å². The zero-order valence-corrected chi connectivity index (χ0v) is 9.30. The molecule has 0 fully saturated rings. The first-order valence-electron chi connectivity index (χ1n) is 4.64. The zero-order valence-electron chi connectivity index (χ0n) is 8.55. The van der Waals surface area contributed by atoms with Crippen LogP contribution >= 0.6 is 11.6 Å². The fourth-order valence-electron chi connectivity index (χ4n) is 1.63. The summed E-state index contributed by atoms with van der Waals surface area (Å²) in [4.78, 5) is 0. The van der Waals surface area contributed by atoms with Crippen LogP contribution < -0.4 is 0 Å². The molecule has 2 heteroatoms. The van der Waals surface area contributed by atoms with Crippen molar-refractivity contribution < 1.29 is 5.11 Å². The van der Waals surface area contributed by atoms with Gasteiger partial charge in [0.15, 0.2) is 0 Å². The lowest BCUT2D eigenvalue weighted by Crippen LogP contribution is -1.95. The Morgan fingerprint density at radius 2 is 1.86 bits per heavy atom. The molecule has 14 heavy (non-hydrogen) atoms. The molecule has 0 aliphatic heterocycles. The lowest BCUT2D eigenvalue weighted by Gasteiger charge is -2.09. The molecule has 0 radical (unpaired) electrons. The molecular formula is C12H15ClO. The first kappa shape index (κ1) is 11.3. The molecule has 0 amide bonds. The summed E-state index contributed by atoms with van der Waals surface area (Å²) in [6.45, 7) is 4.15. The molecule has 1 nitrogen and oxygen atoms in total. The second-order valence-electron chi connectivity index (χ2n) is 3.43. The van der Waals surface area contributed by atoms with Gasteiger partial charge in [-0.2, -0.15) is 0 Å². The van der Waals surface area contributed by atoms with Crippen molar-refractivity contribution >= 4 is 11.6 Å². The topological polar surface area (TPSA) is 20.2 Å². The van der Waals surface area contributed by atoms with Crippen molar-refractivity contribution in [3.63, 3.8) is 0 Å². The molecule has 1 rings (SSSR count). The third-order valence-corrected chi connectivity index (χ3v) is 2.53. The summed E-state index contributed by atoms with van der Waals surface area (Å²) in [6.07, 6.45) is 2.76. The Kier molecular flexibility index (Phi) is 4.18. The summed E-state index contributed by atoms with van der Waals surface area (Å²) in [5.41, 5.74) is 6.08. The van der Waals surface area contributed by atoms with Crippen LogP contribution in [0.15, 0.2) is 23.7 Å². The van der Waals surface area contributed by atoms with Crippen molar-refractivity contribution in [1.82, 2.24) is 0 Å². The van der Waals surface area contributed by atoms with E-state index in [1.807, 2.05) is 19.9 Å². The molecule has 0 aliphatic rings. The van der Waals surface area contributed by atoms with E-state index < -0.39 is 0 Å². The van der Waals surface area contributed by atoms with Gasteiger partial charge in [0.1, 0.15) is 0 Å². The Hall–Kier alpha value is -0.790. The van der Waals surface area contributed by atoms with Crippen molar-refractivity contribution in [3.05, 3.63) is 46.0 Å². The number of benzene rings is 1. The van der Waals surface area contributed by atoms with E-state index in [1.165, 1.54) is 11.1 Å². The number of hydrogen-bond donors (Lipinski definition) is 1. The molecule has 0 bridgehead atoms. The highest BCUT2D eigenvalue weighted by Gasteiger charge is 2.02. The molecule has 0 aliphatic carbocycles. The Labute approximate surface area is 90.0 Å². The normalized spacial score (nSPS) is 11.1. The minimum Gasteiger partial charge on any atom is -0.392 e. The van der Waals surface area contributed by atoms with E-state index in [-0.39, 0.29) is 6.61 Å². The van der Waals surface area contributed by atoms with Gasteiger partial charge < -0.3 is 5.11 Å². The summed E-state index contributed by atoms with van der Waals surface area (Å²) in [5.74, 6) is 0. The Balaban J connectivity index is 3.01. The lowest BCUT2D eigenvalue weighted by molar-refractivity contribution is 0.280. The van der Waals surface area contributed by atoms with Crippen LogP contribution in [0.2, 0.25) is 0 Å². The zero-order chi connectivity index (χ0) is 10.6. The van der Waals surface area contributed by atoms with E-state index in [2.05, 4.69) is 12.1 Å². The molecule has 1 aromatic rings. The fraction of sp³-hybridized carbons (Fsp3) is 0.333. The van der Waals surface area contributed by atoms with Crippen LogP contribution in [0.3, 0.4) is 0 Å². The molecule has 0 saturated heterocycles. The maximum Gasteiger partial charge on any atom is 0.0686 e. The first-order chi connectivity index (χ1) is 6.69. The van der Waals surface area contributed by atoms with Crippen LogP contribution in [0.4, 0.5) is 0 Å². The number of aliphatic hydroxyl groups excluding tert-OH is 1. The minimum atomic E-state index is 0.114. The largest absolute Gasteiger partial charge is 0.392 e. The van der Waals surface area contributed by atoms with Gasteiger partial charge in [-0.05, 0) is 42.5 Å². The second-order valence-corrected chi connectivity index (χ2v) is 3.68. The molecular weight excluding hydrogens is 196 g/mol. The summed E-state index contributed by atoms with van der Waals surface area (Å²) in [6, 6.07) is 4.19. The monoisotopic (exact) mass is 210 g/mol. The third-order valence-electron chi connectivity index (χ3n) is 2.36. The van der Waals surface area contributed by atoms with E-state index in [0.717, 1.165) is 23.1 Å². The van der Waals surface area contributed by atoms with Crippen LogP contribution in [0.1, 0.15) is 22.3 Å². The van der Waals surface area contributed by atoms with Crippen LogP contribution in [-0.2, 0) is 13.0 Å². The van der Waals surface area contributed by atoms with Gasteiger partial charge in [0.05, 0.1) is 6.61 Å². The second kappa shape index (κ2) is 5.18. The molecule has 1 aromatic carbocycles. The highest BCUT2D eigenvalue weighted by atomic mass is 35.5. The molecule has 1 N–H and O–H groups in total. The molecule has 0 spiro atoms. The SMILES string of the molecule is Cc1cc(C/C=C\Cl)cc(C)c1CO. The van der Waals surface area contributed by atoms with Crippen molar-refractivity contribution in [2.45, 2.75) is 26.9 Å². The van der Waals surface area contributed by atoms with E-state index in [1.54, 1.807) is 0 Å². The van der Waals surface area contributed by atoms with E-state index in [9.17, 15) is 0 Å². The smallest absolute Gasteiger partial charge is 0.0686 e. The van der Waals surface area contributed by atoms with E-state index >= 15 is 0 Å². The lowest BCUT2D eigenvalue weighted by atomic mass is 9.98. The third kappa shape index (κ3) is 2.60. The van der Waals surface area contributed by atoms with Gasteiger partial charge in [0.25, 0.3) is 0 Å². The van der Waals surface area contributed by atoms with E-state index in [0.29, 0.717) is 0 Å². The molecule has 0 atom stereocenters. The number of aliphatic hydroxyl groups is 1. The molecule has 0 unspecified atom stereocenters. The standard InChI is InChI=1S/C12H15ClO/c1-9-6-11(4-3-5-13)7-10(2)12(9)8-14/h3,5-7,14H,4,8H2,1-2H3/b5-3-. The Morgan fingerprint density at radius 1 is 1.29 bits per heavy atom. The van der Waals surface area contributed by atoms with Crippen molar-refractivity contribution in [2.75, 3.05) is 0 Å². The van der Waals surface area contributed by atoms with Crippen LogP contribution in [0.5, 0.6) is 0 Å². The number of hydrogen-bond acceptors (Lipinski definition) is 1. The van der Waals surface area contributed by atoms with Gasteiger partial charge in [-0.3, -0.25) is 0 Å². The van der Waals surface area contributed by atoms with Crippen LogP contribution in [-0.4, -0.2) is 5.11 Å². The van der Waals surface area contributed by atoms with E-state index in [4.69, 9.17) is 16.7 Å². The average molecular weight is 211 g/mol. The summed E-state index contributed by atoms with van der Waals surface area (Å²) < 4.78 is 0. The quantitative estimate of drug-likeness (QED) is 0.813.